The maximum atomic E-state index is 12.8. The van der Waals surface area contributed by atoms with Gasteiger partial charge in [-0.1, -0.05) is 55.8 Å². The SMILES string of the molecule is CCCCOC(=O)NCCCNc1c([N+](=O)[O-])c(N(Cc2ccc(OC)cc2)Cc2ccc(OC)cc2)nc2ccccc12. The van der Waals surface area contributed by atoms with Gasteiger partial charge in [-0.2, -0.15) is 0 Å². The van der Waals surface area contributed by atoms with E-state index in [0.29, 0.717) is 55.8 Å². The molecule has 0 atom stereocenters. The first-order chi connectivity index (χ1) is 21.4. The minimum Gasteiger partial charge on any atom is -0.497 e. The van der Waals surface area contributed by atoms with Crippen LogP contribution in [0.5, 0.6) is 11.5 Å². The van der Waals surface area contributed by atoms with Crippen LogP contribution in [-0.4, -0.2) is 49.9 Å². The number of amides is 1. The first-order valence-electron chi connectivity index (χ1n) is 14.7. The van der Waals surface area contributed by atoms with Gasteiger partial charge in [0.25, 0.3) is 0 Å². The molecule has 2 N–H and O–H groups in total. The molecule has 0 aliphatic carbocycles. The van der Waals surface area contributed by atoms with Crippen molar-refractivity contribution in [1.29, 1.82) is 0 Å². The Morgan fingerprint density at radius 3 is 2.07 bits per heavy atom. The predicted octanol–water partition coefficient (Wildman–Crippen LogP) is 6.70. The number of carbonyl (C=O) groups excluding carboxylic acids is 1. The third-order valence-corrected chi connectivity index (χ3v) is 7.05. The summed E-state index contributed by atoms with van der Waals surface area (Å²) in [6, 6.07) is 22.6. The van der Waals surface area contributed by atoms with E-state index in [0.717, 1.165) is 35.5 Å². The molecule has 3 aromatic carbocycles. The number of benzene rings is 3. The van der Waals surface area contributed by atoms with E-state index in [1.807, 2.05) is 84.6 Å². The van der Waals surface area contributed by atoms with Gasteiger partial charge in [0.05, 0.1) is 31.3 Å². The lowest BCUT2D eigenvalue weighted by molar-refractivity contribution is -0.383. The lowest BCUT2D eigenvalue weighted by Gasteiger charge is -2.25. The Morgan fingerprint density at radius 2 is 1.50 bits per heavy atom. The number of nitrogens with one attached hydrogen (secondary N) is 2. The monoisotopic (exact) mass is 601 g/mol. The molecule has 0 saturated carbocycles. The van der Waals surface area contributed by atoms with Crippen molar-refractivity contribution in [3.8, 4) is 11.5 Å². The summed E-state index contributed by atoms with van der Waals surface area (Å²) in [5.41, 5.74) is 2.78. The molecule has 0 aliphatic heterocycles. The fourth-order valence-corrected chi connectivity index (χ4v) is 4.72. The van der Waals surface area contributed by atoms with Crippen molar-refractivity contribution in [2.24, 2.45) is 0 Å². The fourth-order valence-electron chi connectivity index (χ4n) is 4.72. The van der Waals surface area contributed by atoms with E-state index < -0.39 is 6.09 Å². The zero-order chi connectivity index (χ0) is 31.3. The number of fused-ring (bicyclic) bond motifs is 1. The number of rotatable bonds is 16. The molecule has 0 unspecified atom stereocenters. The summed E-state index contributed by atoms with van der Waals surface area (Å²) in [5.74, 6) is 1.70. The molecule has 0 radical (unpaired) electrons. The van der Waals surface area contributed by atoms with Crippen LogP contribution < -0.4 is 25.0 Å². The number of anilines is 2. The van der Waals surface area contributed by atoms with E-state index in [4.69, 9.17) is 19.2 Å². The van der Waals surface area contributed by atoms with Crippen molar-refractivity contribution >= 4 is 34.2 Å². The number of nitrogens with zero attached hydrogens (tertiary/aromatic N) is 3. The van der Waals surface area contributed by atoms with Crippen LogP contribution in [0.4, 0.5) is 22.0 Å². The highest BCUT2D eigenvalue weighted by atomic mass is 16.6. The molecule has 0 bridgehead atoms. The molecular formula is C33H39N5O6. The van der Waals surface area contributed by atoms with E-state index in [1.165, 1.54) is 0 Å². The summed E-state index contributed by atoms with van der Waals surface area (Å²) in [6.45, 7) is 3.89. The minimum absolute atomic E-state index is 0.113. The average molecular weight is 602 g/mol. The van der Waals surface area contributed by atoms with Crippen molar-refractivity contribution in [2.75, 3.05) is 44.1 Å². The maximum Gasteiger partial charge on any atom is 0.407 e. The zero-order valence-electron chi connectivity index (χ0n) is 25.4. The van der Waals surface area contributed by atoms with Crippen LogP contribution in [0.3, 0.4) is 0 Å². The number of carbonyl (C=O) groups is 1. The van der Waals surface area contributed by atoms with Gasteiger partial charge >= 0.3 is 11.8 Å². The third-order valence-electron chi connectivity index (χ3n) is 7.05. The van der Waals surface area contributed by atoms with E-state index in [2.05, 4.69) is 10.6 Å². The van der Waals surface area contributed by atoms with E-state index >= 15 is 0 Å². The minimum atomic E-state index is -0.464. The normalized spacial score (nSPS) is 10.7. The molecule has 4 aromatic rings. The summed E-state index contributed by atoms with van der Waals surface area (Å²) in [5, 5.41) is 19.4. The van der Waals surface area contributed by atoms with Gasteiger partial charge in [-0.3, -0.25) is 10.1 Å². The van der Waals surface area contributed by atoms with Gasteiger partial charge in [0, 0.05) is 31.6 Å². The van der Waals surface area contributed by atoms with Crippen LogP contribution in [-0.2, 0) is 17.8 Å². The second-order valence-corrected chi connectivity index (χ2v) is 10.2. The van der Waals surface area contributed by atoms with Crippen LogP contribution >= 0.6 is 0 Å². The van der Waals surface area contributed by atoms with Gasteiger partial charge in [-0.25, -0.2) is 9.78 Å². The molecular weight excluding hydrogens is 562 g/mol. The van der Waals surface area contributed by atoms with E-state index in [-0.39, 0.29) is 16.4 Å². The Bertz CT molecular complexity index is 1480. The summed E-state index contributed by atoms with van der Waals surface area (Å²) < 4.78 is 15.8. The van der Waals surface area contributed by atoms with Gasteiger partial charge in [0.1, 0.15) is 17.2 Å². The first-order valence-corrected chi connectivity index (χ1v) is 14.7. The molecule has 0 saturated heterocycles. The number of unbranched alkanes of at least 4 members (excludes halogenated alkanes) is 1. The standard InChI is InChI=1S/C33H39N5O6/c1-4-5-21-44-33(39)35-20-8-19-34-30-28-9-6-7-10-29(28)36-32(31(30)38(40)41)37(22-24-11-15-26(42-2)16-12-24)23-25-13-17-27(43-3)18-14-25/h6-7,9-18H,4-5,8,19-23H2,1-3H3,(H,34,36)(H,35,39). The molecule has 0 spiro atoms. The van der Waals surface area contributed by atoms with Crippen molar-refractivity contribution in [3.63, 3.8) is 0 Å². The summed E-state index contributed by atoms with van der Waals surface area (Å²) >= 11 is 0. The predicted molar refractivity (Wildman–Crippen MR) is 172 cm³/mol. The van der Waals surface area contributed by atoms with E-state index in [1.54, 1.807) is 14.2 Å². The first kappa shape index (κ1) is 31.9. The number of alkyl carbamates (subject to hydrolysis) is 1. The highest BCUT2D eigenvalue weighted by Gasteiger charge is 2.29. The van der Waals surface area contributed by atoms with Crippen LogP contribution in [0.15, 0.2) is 72.8 Å². The highest BCUT2D eigenvalue weighted by Crippen LogP contribution is 2.40. The number of ether oxygens (including phenoxy) is 3. The Balaban J connectivity index is 1.66. The number of methoxy groups -OCH3 is 2. The van der Waals surface area contributed by atoms with Crippen molar-refractivity contribution in [1.82, 2.24) is 10.3 Å². The van der Waals surface area contributed by atoms with Gasteiger partial charge in [-0.15, -0.1) is 0 Å². The smallest absolute Gasteiger partial charge is 0.407 e. The number of hydrogen-bond acceptors (Lipinski definition) is 9. The Hall–Kier alpha value is -5.06. The number of pyridine rings is 1. The van der Waals surface area contributed by atoms with Crippen LogP contribution in [0.2, 0.25) is 0 Å². The maximum absolute atomic E-state index is 12.8. The number of aromatic nitrogens is 1. The molecule has 0 aliphatic rings. The second-order valence-electron chi connectivity index (χ2n) is 10.2. The largest absolute Gasteiger partial charge is 0.497 e. The van der Waals surface area contributed by atoms with Crippen molar-refractivity contribution < 1.29 is 23.9 Å². The van der Waals surface area contributed by atoms with Crippen LogP contribution in [0.25, 0.3) is 10.9 Å². The Morgan fingerprint density at radius 1 is 0.886 bits per heavy atom. The molecule has 1 amide bonds. The van der Waals surface area contributed by atoms with Crippen LogP contribution in [0.1, 0.15) is 37.3 Å². The number of para-hydroxylation sites is 1. The second kappa shape index (κ2) is 16.0. The molecule has 4 rings (SSSR count). The van der Waals surface area contributed by atoms with E-state index in [9.17, 15) is 14.9 Å². The summed E-state index contributed by atoms with van der Waals surface area (Å²) in [6.07, 6.45) is 1.82. The van der Waals surface area contributed by atoms with Gasteiger partial charge in [0.2, 0.25) is 5.82 Å². The Labute approximate surface area is 257 Å². The molecule has 0 fully saturated rings. The van der Waals surface area contributed by atoms with Gasteiger partial charge < -0.3 is 29.7 Å². The number of nitro groups is 1. The van der Waals surface area contributed by atoms with Crippen molar-refractivity contribution in [2.45, 2.75) is 39.3 Å². The molecule has 232 valence electrons. The average Bonchev–Trinajstić information content (AvgIpc) is 3.04. The highest BCUT2D eigenvalue weighted by molar-refractivity contribution is 5.99. The lowest BCUT2D eigenvalue weighted by atomic mass is 10.1. The Kier molecular flexibility index (Phi) is 11.6. The summed E-state index contributed by atoms with van der Waals surface area (Å²) in [7, 11) is 3.22. The molecule has 11 heteroatoms. The molecule has 1 aromatic heterocycles. The fraction of sp³-hybridized carbons (Fsp3) is 0.333. The molecule has 44 heavy (non-hydrogen) atoms. The van der Waals surface area contributed by atoms with Crippen molar-refractivity contribution in [3.05, 3.63) is 94.0 Å². The van der Waals surface area contributed by atoms with Crippen LogP contribution in [0, 0.1) is 10.1 Å². The topological polar surface area (TPSA) is 128 Å². The molecule has 1 heterocycles. The zero-order valence-corrected chi connectivity index (χ0v) is 25.4. The lowest BCUT2D eigenvalue weighted by Crippen LogP contribution is -2.27. The van der Waals surface area contributed by atoms with Gasteiger partial charge in [0.15, 0.2) is 0 Å². The quantitative estimate of drug-likeness (QED) is 0.0819. The number of hydrogen-bond donors (Lipinski definition) is 2. The van der Waals surface area contributed by atoms with Gasteiger partial charge in [-0.05, 0) is 54.3 Å². The summed E-state index contributed by atoms with van der Waals surface area (Å²) in [4.78, 5) is 31.0. The molecule has 11 nitrogen and oxygen atoms in total. The third kappa shape index (κ3) is 8.50.